The van der Waals surface area contributed by atoms with E-state index in [0.29, 0.717) is 11.1 Å². The zero-order valence-electron chi connectivity index (χ0n) is 27.5. The first kappa shape index (κ1) is 37.8. The van der Waals surface area contributed by atoms with Crippen molar-refractivity contribution in [1.29, 1.82) is 5.41 Å². The van der Waals surface area contributed by atoms with Crippen molar-refractivity contribution < 1.29 is 22.8 Å². The number of amides is 3. The fraction of sp³-hybridized carbons (Fsp3) is 0.371. The van der Waals surface area contributed by atoms with Crippen molar-refractivity contribution >= 4 is 56.8 Å². The number of nitrogen functional groups attached to an aromatic ring is 1. The van der Waals surface area contributed by atoms with Crippen molar-refractivity contribution in [2.24, 2.45) is 17.6 Å². The van der Waals surface area contributed by atoms with Gasteiger partial charge in [-0.1, -0.05) is 91.0 Å². The van der Waals surface area contributed by atoms with Crippen molar-refractivity contribution in [2.75, 3.05) is 14.1 Å². The summed E-state index contributed by atoms with van der Waals surface area (Å²) in [5.74, 6) is -2.52. The van der Waals surface area contributed by atoms with Crippen LogP contribution in [0.15, 0.2) is 71.6 Å². The maximum absolute atomic E-state index is 13.8. The molecule has 0 bridgehead atoms. The Bertz CT molecular complexity index is 1760. The SMILES string of the molecule is CN(C)C(=O)C(Cc1ccc(C(=N)N)cc1)C(=O)N[C@H](C(=O)NCc1cccc(CNS(=O)(=O)c2cc(Cl)cc(Cl)c2)c1)C1CCCCC1. The Morgan fingerprint density at radius 1 is 0.878 bits per heavy atom. The third kappa shape index (κ3) is 10.8. The van der Waals surface area contributed by atoms with Crippen LogP contribution >= 0.6 is 23.2 Å². The van der Waals surface area contributed by atoms with E-state index in [1.807, 2.05) is 6.07 Å². The van der Waals surface area contributed by atoms with Crippen molar-refractivity contribution in [3.05, 3.63) is 99.0 Å². The number of rotatable bonds is 14. The lowest BCUT2D eigenvalue weighted by Crippen LogP contribution is -2.54. The molecular formula is C35H42Cl2N6O5S. The van der Waals surface area contributed by atoms with E-state index in [1.165, 1.54) is 23.1 Å². The summed E-state index contributed by atoms with van der Waals surface area (Å²) in [6, 6.07) is 17.2. The molecule has 0 saturated heterocycles. The predicted molar refractivity (Wildman–Crippen MR) is 191 cm³/mol. The number of halogens is 2. The average molecular weight is 730 g/mol. The van der Waals surface area contributed by atoms with E-state index in [4.69, 9.17) is 34.3 Å². The monoisotopic (exact) mass is 728 g/mol. The molecule has 0 aliphatic heterocycles. The van der Waals surface area contributed by atoms with Crippen LogP contribution in [0.1, 0.15) is 54.4 Å². The first-order valence-corrected chi connectivity index (χ1v) is 18.2. The van der Waals surface area contributed by atoms with E-state index in [1.54, 1.807) is 56.6 Å². The molecule has 2 atom stereocenters. The van der Waals surface area contributed by atoms with Gasteiger partial charge in [0, 0.05) is 42.8 Å². The Morgan fingerprint density at radius 3 is 2.08 bits per heavy atom. The number of hydrogen-bond donors (Lipinski definition) is 5. The number of carbonyl (C=O) groups excluding carboxylic acids is 3. The van der Waals surface area contributed by atoms with Gasteiger partial charge in [-0.15, -0.1) is 0 Å². The van der Waals surface area contributed by atoms with Crippen LogP contribution in [0.5, 0.6) is 0 Å². The van der Waals surface area contributed by atoms with Crippen LogP contribution in [-0.2, 0) is 43.9 Å². The average Bonchev–Trinajstić information content (AvgIpc) is 3.07. The minimum Gasteiger partial charge on any atom is -0.384 e. The molecule has 0 spiro atoms. The van der Waals surface area contributed by atoms with Crippen molar-refractivity contribution in [3.63, 3.8) is 0 Å². The van der Waals surface area contributed by atoms with Gasteiger partial charge >= 0.3 is 0 Å². The van der Waals surface area contributed by atoms with E-state index in [2.05, 4.69) is 15.4 Å². The van der Waals surface area contributed by atoms with E-state index < -0.39 is 27.9 Å². The molecule has 262 valence electrons. The summed E-state index contributed by atoms with van der Waals surface area (Å²) in [6.45, 7) is 0.138. The van der Waals surface area contributed by atoms with Gasteiger partial charge in [-0.3, -0.25) is 19.8 Å². The quantitative estimate of drug-likeness (QED) is 0.0936. The number of nitrogens with two attached hydrogens (primary N) is 1. The summed E-state index contributed by atoms with van der Waals surface area (Å²) >= 11 is 12.0. The van der Waals surface area contributed by atoms with Crippen molar-refractivity contribution in [3.8, 4) is 0 Å². The zero-order chi connectivity index (χ0) is 35.7. The highest BCUT2D eigenvalue weighted by atomic mass is 35.5. The van der Waals surface area contributed by atoms with Crippen LogP contribution in [0, 0.1) is 17.2 Å². The summed E-state index contributed by atoms with van der Waals surface area (Å²) in [7, 11) is -0.727. The Hall–Kier alpha value is -3.97. The molecule has 11 nitrogen and oxygen atoms in total. The molecule has 49 heavy (non-hydrogen) atoms. The number of benzene rings is 3. The molecule has 3 amide bonds. The molecule has 0 radical (unpaired) electrons. The van der Waals surface area contributed by atoms with Gasteiger partial charge in [0.15, 0.2) is 0 Å². The summed E-state index contributed by atoms with van der Waals surface area (Å²) in [6.07, 6.45) is 4.58. The molecule has 0 aromatic heterocycles. The lowest BCUT2D eigenvalue weighted by Gasteiger charge is -2.31. The van der Waals surface area contributed by atoms with Crippen LogP contribution in [0.2, 0.25) is 10.0 Å². The number of amidine groups is 1. The third-order valence-corrected chi connectivity index (χ3v) is 10.3. The van der Waals surface area contributed by atoms with Crippen LogP contribution in [0.3, 0.4) is 0 Å². The topological polar surface area (TPSA) is 175 Å². The molecule has 3 aromatic carbocycles. The summed E-state index contributed by atoms with van der Waals surface area (Å²) in [5.41, 5.74) is 8.23. The van der Waals surface area contributed by atoms with Gasteiger partial charge in [0.25, 0.3) is 0 Å². The van der Waals surface area contributed by atoms with Crippen LogP contribution in [-0.4, -0.2) is 57.0 Å². The van der Waals surface area contributed by atoms with Gasteiger partial charge in [0.1, 0.15) is 17.8 Å². The summed E-state index contributed by atoms with van der Waals surface area (Å²) in [4.78, 5) is 42.0. The van der Waals surface area contributed by atoms with E-state index >= 15 is 0 Å². The largest absolute Gasteiger partial charge is 0.384 e. The lowest BCUT2D eigenvalue weighted by atomic mass is 9.83. The van der Waals surface area contributed by atoms with E-state index in [0.717, 1.165) is 43.2 Å². The second-order valence-corrected chi connectivity index (χ2v) is 15.1. The summed E-state index contributed by atoms with van der Waals surface area (Å²) < 4.78 is 28.2. The zero-order valence-corrected chi connectivity index (χ0v) is 29.8. The first-order valence-electron chi connectivity index (χ1n) is 16.0. The maximum Gasteiger partial charge on any atom is 0.243 e. The minimum atomic E-state index is -3.89. The highest BCUT2D eigenvalue weighted by molar-refractivity contribution is 7.89. The molecular weight excluding hydrogens is 687 g/mol. The summed E-state index contributed by atoms with van der Waals surface area (Å²) in [5, 5.41) is 13.9. The number of nitrogens with one attached hydrogen (secondary N) is 4. The second-order valence-electron chi connectivity index (χ2n) is 12.5. The fourth-order valence-corrected chi connectivity index (χ4v) is 7.62. The Balaban J connectivity index is 1.45. The van der Waals surface area contributed by atoms with Crippen LogP contribution < -0.4 is 21.1 Å². The molecule has 1 fully saturated rings. The number of carbonyl (C=O) groups is 3. The molecule has 0 heterocycles. The molecule has 1 unspecified atom stereocenters. The third-order valence-electron chi connectivity index (χ3n) is 8.53. The lowest BCUT2D eigenvalue weighted by molar-refractivity contribution is -0.142. The van der Waals surface area contributed by atoms with Gasteiger partial charge in [0.2, 0.25) is 27.7 Å². The molecule has 4 rings (SSSR count). The van der Waals surface area contributed by atoms with Gasteiger partial charge < -0.3 is 21.3 Å². The molecule has 1 saturated carbocycles. The molecule has 1 aliphatic rings. The number of hydrogen-bond acceptors (Lipinski definition) is 6. The Labute approximate surface area is 297 Å². The van der Waals surface area contributed by atoms with E-state index in [-0.39, 0.29) is 58.0 Å². The number of nitrogens with zero attached hydrogens (tertiary/aromatic N) is 1. The van der Waals surface area contributed by atoms with E-state index in [9.17, 15) is 22.8 Å². The Kier molecular flexibility index (Phi) is 13.2. The van der Waals surface area contributed by atoms with Gasteiger partial charge in [-0.05, 0) is 60.1 Å². The molecule has 6 N–H and O–H groups in total. The molecule has 3 aromatic rings. The molecule has 1 aliphatic carbocycles. The highest BCUT2D eigenvalue weighted by Gasteiger charge is 2.35. The van der Waals surface area contributed by atoms with Crippen molar-refractivity contribution in [1.82, 2.24) is 20.3 Å². The Morgan fingerprint density at radius 2 is 1.49 bits per heavy atom. The van der Waals surface area contributed by atoms with Gasteiger partial charge in [-0.25, -0.2) is 13.1 Å². The van der Waals surface area contributed by atoms with Crippen LogP contribution in [0.4, 0.5) is 0 Å². The maximum atomic E-state index is 13.8. The number of sulfonamides is 1. The minimum absolute atomic E-state index is 0.00617. The van der Waals surface area contributed by atoms with Gasteiger partial charge in [-0.2, -0.15) is 0 Å². The standard InChI is InChI=1S/C35H42Cl2N6O5S/c1-43(2)35(46)30(16-22-11-13-26(14-12-22)32(38)39)33(44)42-31(25-9-4-3-5-10-25)34(45)40-20-23-7-6-8-24(15-23)21-41-49(47,48)29-18-27(36)17-28(37)19-29/h6-8,11-15,17-19,25,30-31,41H,3-5,9-10,16,20-21H2,1-2H3,(H3,38,39)(H,40,45)(H,42,44)/t30?,31-/m0/s1. The van der Waals surface area contributed by atoms with Crippen molar-refractivity contribution in [2.45, 2.75) is 62.6 Å². The predicted octanol–water partition coefficient (Wildman–Crippen LogP) is 4.38. The van der Waals surface area contributed by atoms with Crippen LogP contribution in [0.25, 0.3) is 0 Å². The highest BCUT2D eigenvalue weighted by Crippen LogP contribution is 2.27. The second kappa shape index (κ2) is 17.1. The smallest absolute Gasteiger partial charge is 0.243 e. The fourth-order valence-electron chi connectivity index (χ4n) is 5.87. The molecule has 14 heteroatoms. The van der Waals surface area contributed by atoms with Gasteiger partial charge in [0.05, 0.1) is 4.90 Å². The first-order chi connectivity index (χ1) is 23.2. The normalized spacial score (nSPS) is 14.8.